The highest BCUT2D eigenvalue weighted by molar-refractivity contribution is 8.26. The SMILES string of the molecule is COc1cccc2c1OCC(C=C1SC(=S)N(Cc3ccco3)C1=O)=C2. The molecule has 1 amide bonds. The van der Waals surface area contributed by atoms with Gasteiger partial charge in [0.15, 0.2) is 11.5 Å². The Hall–Kier alpha value is -2.51. The summed E-state index contributed by atoms with van der Waals surface area (Å²) in [7, 11) is 1.61. The summed E-state index contributed by atoms with van der Waals surface area (Å²) in [6, 6.07) is 9.33. The number of furan rings is 1. The van der Waals surface area contributed by atoms with Gasteiger partial charge in [-0.15, -0.1) is 0 Å². The third kappa shape index (κ3) is 3.15. The number of fused-ring (bicyclic) bond motifs is 1. The lowest BCUT2D eigenvalue weighted by Crippen LogP contribution is -2.27. The van der Waals surface area contributed by atoms with Crippen LogP contribution in [0.3, 0.4) is 0 Å². The summed E-state index contributed by atoms with van der Waals surface area (Å²) in [5.41, 5.74) is 1.83. The average Bonchev–Trinajstić information content (AvgIpc) is 3.25. The van der Waals surface area contributed by atoms with E-state index in [2.05, 4.69) is 0 Å². The number of benzene rings is 1. The minimum atomic E-state index is -0.117. The molecule has 5 nitrogen and oxygen atoms in total. The van der Waals surface area contributed by atoms with Gasteiger partial charge in [-0.3, -0.25) is 9.69 Å². The van der Waals surface area contributed by atoms with Crippen LogP contribution in [0.4, 0.5) is 0 Å². The van der Waals surface area contributed by atoms with Crippen molar-refractivity contribution in [2.75, 3.05) is 13.7 Å². The molecule has 1 fully saturated rings. The van der Waals surface area contributed by atoms with E-state index >= 15 is 0 Å². The van der Waals surface area contributed by atoms with Crippen molar-refractivity contribution in [2.24, 2.45) is 0 Å². The summed E-state index contributed by atoms with van der Waals surface area (Å²) >= 11 is 6.64. The molecule has 2 aliphatic heterocycles. The Morgan fingerprint density at radius 2 is 2.23 bits per heavy atom. The van der Waals surface area contributed by atoms with Crippen LogP contribution < -0.4 is 9.47 Å². The predicted molar refractivity (Wildman–Crippen MR) is 104 cm³/mol. The van der Waals surface area contributed by atoms with Crippen molar-refractivity contribution < 1.29 is 18.7 Å². The molecule has 0 atom stereocenters. The monoisotopic (exact) mass is 385 g/mol. The van der Waals surface area contributed by atoms with Gasteiger partial charge in [0.2, 0.25) is 0 Å². The summed E-state index contributed by atoms with van der Waals surface area (Å²) in [6.07, 6.45) is 5.42. The van der Waals surface area contributed by atoms with Gasteiger partial charge >= 0.3 is 0 Å². The molecular formula is C19H15NO4S2. The first-order chi connectivity index (χ1) is 12.7. The number of hydrogen-bond acceptors (Lipinski definition) is 6. The maximum absolute atomic E-state index is 12.7. The fourth-order valence-corrected chi connectivity index (χ4v) is 4.08. The molecule has 0 aliphatic carbocycles. The van der Waals surface area contributed by atoms with Crippen molar-refractivity contribution in [3.8, 4) is 11.5 Å². The first-order valence-electron chi connectivity index (χ1n) is 7.94. The van der Waals surface area contributed by atoms with Gasteiger partial charge in [-0.05, 0) is 35.9 Å². The van der Waals surface area contributed by atoms with Crippen LogP contribution in [0.5, 0.6) is 11.5 Å². The highest BCUT2D eigenvalue weighted by atomic mass is 32.2. The molecule has 26 heavy (non-hydrogen) atoms. The molecule has 0 radical (unpaired) electrons. The normalized spacial score (nSPS) is 18.0. The second-order valence-electron chi connectivity index (χ2n) is 5.73. The minimum Gasteiger partial charge on any atom is -0.493 e. The number of carbonyl (C=O) groups is 1. The van der Waals surface area contributed by atoms with Gasteiger partial charge in [0.05, 0.1) is 24.8 Å². The minimum absolute atomic E-state index is 0.117. The van der Waals surface area contributed by atoms with Crippen LogP contribution in [-0.4, -0.2) is 28.8 Å². The number of thiocarbonyl (C=S) groups is 1. The summed E-state index contributed by atoms with van der Waals surface area (Å²) in [6.45, 7) is 0.709. The second kappa shape index (κ2) is 7.01. The molecule has 4 rings (SSSR count). The largest absolute Gasteiger partial charge is 0.493 e. The van der Waals surface area contributed by atoms with Crippen LogP contribution in [0.2, 0.25) is 0 Å². The van der Waals surface area contributed by atoms with Gasteiger partial charge in [0.25, 0.3) is 5.91 Å². The molecular weight excluding hydrogens is 370 g/mol. The number of nitrogens with zero attached hydrogens (tertiary/aromatic N) is 1. The van der Waals surface area contributed by atoms with Crippen LogP contribution in [-0.2, 0) is 11.3 Å². The predicted octanol–water partition coefficient (Wildman–Crippen LogP) is 4.01. The molecule has 132 valence electrons. The highest BCUT2D eigenvalue weighted by Crippen LogP contribution is 2.38. The zero-order valence-electron chi connectivity index (χ0n) is 13.9. The first kappa shape index (κ1) is 16.9. The standard InChI is InChI=1S/C19H15NO4S2/c1-22-15-6-2-4-13-8-12(11-24-17(13)15)9-16-18(21)20(19(25)26-16)10-14-5-3-7-23-14/h2-9H,10-11H2,1H3. The van der Waals surface area contributed by atoms with Crippen molar-refractivity contribution in [1.82, 2.24) is 4.90 Å². The summed E-state index contributed by atoms with van der Waals surface area (Å²) in [5.74, 6) is 2.00. The first-order valence-corrected chi connectivity index (χ1v) is 9.16. The summed E-state index contributed by atoms with van der Waals surface area (Å²) < 4.78 is 17.0. The number of ether oxygens (including phenoxy) is 2. The summed E-state index contributed by atoms with van der Waals surface area (Å²) in [5, 5.41) is 0. The smallest absolute Gasteiger partial charge is 0.266 e. The molecule has 1 aromatic heterocycles. The zero-order chi connectivity index (χ0) is 18.1. The number of hydrogen-bond donors (Lipinski definition) is 0. The number of carbonyl (C=O) groups excluding carboxylic acids is 1. The molecule has 2 aromatic rings. The molecule has 0 unspecified atom stereocenters. The van der Waals surface area contributed by atoms with Crippen LogP contribution in [0.15, 0.2) is 57.6 Å². The van der Waals surface area contributed by atoms with E-state index in [1.807, 2.05) is 36.4 Å². The lowest BCUT2D eigenvalue weighted by Gasteiger charge is -2.18. The maximum Gasteiger partial charge on any atom is 0.266 e. The molecule has 0 bridgehead atoms. The molecule has 0 spiro atoms. The van der Waals surface area contributed by atoms with Crippen molar-refractivity contribution in [1.29, 1.82) is 0 Å². The van der Waals surface area contributed by atoms with Gasteiger partial charge in [-0.25, -0.2) is 0 Å². The molecule has 7 heteroatoms. The van der Waals surface area contributed by atoms with Crippen LogP contribution in [0.25, 0.3) is 6.08 Å². The number of amides is 1. The van der Waals surface area contributed by atoms with E-state index in [-0.39, 0.29) is 5.91 Å². The van der Waals surface area contributed by atoms with E-state index in [1.165, 1.54) is 11.8 Å². The number of methoxy groups -OCH3 is 1. The highest BCUT2D eigenvalue weighted by Gasteiger charge is 2.33. The Balaban J connectivity index is 1.58. The number of thioether (sulfide) groups is 1. The van der Waals surface area contributed by atoms with Crippen LogP contribution >= 0.6 is 24.0 Å². The molecule has 0 saturated carbocycles. The van der Waals surface area contributed by atoms with E-state index in [4.69, 9.17) is 26.1 Å². The van der Waals surface area contributed by atoms with Crippen molar-refractivity contribution in [2.45, 2.75) is 6.54 Å². The van der Waals surface area contributed by atoms with E-state index in [1.54, 1.807) is 24.3 Å². The fraction of sp³-hybridized carbons (Fsp3) is 0.158. The van der Waals surface area contributed by atoms with Gasteiger partial charge in [0, 0.05) is 5.56 Å². The maximum atomic E-state index is 12.7. The van der Waals surface area contributed by atoms with Gasteiger partial charge in [-0.2, -0.15) is 0 Å². The van der Waals surface area contributed by atoms with Crippen molar-refractivity contribution in [3.63, 3.8) is 0 Å². The Morgan fingerprint density at radius 1 is 1.35 bits per heavy atom. The third-order valence-corrected chi connectivity index (χ3v) is 5.42. The topological polar surface area (TPSA) is 51.9 Å². The van der Waals surface area contributed by atoms with E-state index in [0.717, 1.165) is 16.9 Å². The van der Waals surface area contributed by atoms with Crippen molar-refractivity contribution in [3.05, 3.63) is 64.5 Å². The van der Waals surface area contributed by atoms with Gasteiger partial charge < -0.3 is 13.9 Å². The lowest BCUT2D eigenvalue weighted by atomic mass is 10.1. The van der Waals surface area contributed by atoms with E-state index < -0.39 is 0 Å². The number of rotatable bonds is 4. The Labute approximate surface area is 160 Å². The van der Waals surface area contributed by atoms with Crippen LogP contribution in [0.1, 0.15) is 11.3 Å². The molecule has 1 aromatic carbocycles. The second-order valence-corrected chi connectivity index (χ2v) is 7.41. The average molecular weight is 385 g/mol. The van der Waals surface area contributed by atoms with Crippen LogP contribution in [0, 0.1) is 0 Å². The Morgan fingerprint density at radius 3 is 3.00 bits per heavy atom. The lowest BCUT2D eigenvalue weighted by molar-refractivity contribution is -0.122. The quantitative estimate of drug-likeness (QED) is 0.586. The molecule has 2 aliphatic rings. The summed E-state index contributed by atoms with van der Waals surface area (Å²) in [4.78, 5) is 14.8. The molecule has 3 heterocycles. The number of para-hydroxylation sites is 1. The van der Waals surface area contributed by atoms with Crippen molar-refractivity contribution >= 4 is 40.3 Å². The van der Waals surface area contributed by atoms with Gasteiger partial charge in [0.1, 0.15) is 16.7 Å². The Kier molecular flexibility index (Phi) is 4.57. The fourth-order valence-electron chi connectivity index (χ4n) is 2.80. The Bertz CT molecular complexity index is 931. The molecule has 1 saturated heterocycles. The zero-order valence-corrected chi connectivity index (χ0v) is 15.6. The van der Waals surface area contributed by atoms with Gasteiger partial charge in [-0.1, -0.05) is 36.1 Å². The van der Waals surface area contributed by atoms with E-state index in [0.29, 0.717) is 33.9 Å². The third-order valence-electron chi connectivity index (χ3n) is 4.04. The molecule has 0 N–H and O–H groups in total. The van der Waals surface area contributed by atoms with E-state index in [9.17, 15) is 4.79 Å².